The van der Waals surface area contributed by atoms with Crippen molar-refractivity contribution in [2.75, 3.05) is 0 Å². The van der Waals surface area contributed by atoms with Crippen LogP contribution in [0.5, 0.6) is 0 Å². The molecular weight excluding hydrogens is 228 g/mol. The summed E-state index contributed by atoms with van der Waals surface area (Å²) in [5, 5.41) is 0. The van der Waals surface area contributed by atoms with Crippen LogP contribution in [0.3, 0.4) is 0 Å². The van der Waals surface area contributed by atoms with Gasteiger partial charge in [0, 0.05) is 0 Å². The van der Waals surface area contributed by atoms with Crippen molar-refractivity contribution in [1.29, 1.82) is 0 Å². The van der Waals surface area contributed by atoms with Gasteiger partial charge in [0.1, 0.15) is 0 Å². The molecule has 0 radical (unpaired) electrons. The standard InChI is InChI=1S/C17H16.C2H6/c1-15-11-13-17(14-12-15)10-6-5-9-16-7-3-2-4-8-16;1-2/h2-14H,1H3;1-2H3/b9-5+,10-6+;. The van der Waals surface area contributed by atoms with Gasteiger partial charge in [-0.3, -0.25) is 0 Å². The van der Waals surface area contributed by atoms with Crippen LogP contribution in [0.25, 0.3) is 12.2 Å². The van der Waals surface area contributed by atoms with Crippen LogP contribution in [-0.4, -0.2) is 0 Å². The van der Waals surface area contributed by atoms with E-state index in [1.54, 1.807) is 0 Å². The van der Waals surface area contributed by atoms with Crippen molar-refractivity contribution in [2.45, 2.75) is 20.8 Å². The maximum atomic E-state index is 2.13. The van der Waals surface area contributed by atoms with Gasteiger partial charge in [-0.15, -0.1) is 0 Å². The first kappa shape index (κ1) is 15.0. The van der Waals surface area contributed by atoms with Crippen LogP contribution >= 0.6 is 0 Å². The average Bonchev–Trinajstić information content (AvgIpc) is 2.49. The number of aryl methyl sites for hydroxylation is 1. The van der Waals surface area contributed by atoms with Gasteiger partial charge in [-0.1, -0.05) is 98.3 Å². The molecule has 0 spiro atoms. The zero-order valence-electron chi connectivity index (χ0n) is 12.0. The van der Waals surface area contributed by atoms with Crippen molar-refractivity contribution in [1.82, 2.24) is 0 Å². The largest absolute Gasteiger partial charge is 0.0683 e. The lowest BCUT2D eigenvalue weighted by molar-refractivity contribution is 1.46. The van der Waals surface area contributed by atoms with E-state index in [4.69, 9.17) is 0 Å². The zero-order chi connectivity index (χ0) is 13.9. The van der Waals surface area contributed by atoms with Gasteiger partial charge >= 0.3 is 0 Å². The summed E-state index contributed by atoms with van der Waals surface area (Å²) in [6, 6.07) is 18.8. The van der Waals surface area contributed by atoms with Crippen LogP contribution in [0.15, 0.2) is 66.7 Å². The van der Waals surface area contributed by atoms with Gasteiger partial charge in [0.2, 0.25) is 0 Å². The monoisotopic (exact) mass is 250 g/mol. The van der Waals surface area contributed by atoms with Crippen molar-refractivity contribution < 1.29 is 0 Å². The second-order valence-electron chi connectivity index (χ2n) is 4.04. The Labute approximate surface area is 117 Å². The van der Waals surface area contributed by atoms with Gasteiger partial charge in [-0.25, -0.2) is 0 Å². The Hall–Kier alpha value is -2.08. The fourth-order valence-electron chi connectivity index (χ4n) is 1.58. The van der Waals surface area contributed by atoms with Crippen LogP contribution in [0.2, 0.25) is 0 Å². The third-order valence-corrected chi connectivity index (χ3v) is 2.57. The van der Waals surface area contributed by atoms with Gasteiger partial charge in [0.15, 0.2) is 0 Å². The van der Waals surface area contributed by atoms with E-state index in [1.165, 1.54) is 16.7 Å². The molecule has 0 fully saturated rings. The van der Waals surface area contributed by atoms with E-state index in [0.717, 1.165) is 0 Å². The molecule has 0 saturated heterocycles. The molecule has 0 aliphatic heterocycles. The summed E-state index contributed by atoms with van der Waals surface area (Å²) in [4.78, 5) is 0. The number of hydrogen-bond acceptors (Lipinski definition) is 0. The summed E-state index contributed by atoms with van der Waals surface area (Å²) in [6.45, 7) is 6.10. The molecule has 19 heavy (non-hydrogen) atoms. The first-order valence-electron chi connectivity index (χ1n) is 6.81. The quantitative estimate of drug-likeness (QED) is 0.609. The van der Waals surface area contributed by atoms with Crippen molar-refractivity contribution in [3.05, 3.63) is 83.4 Å². The minimum atomic E-state index is 1.22. The summed E-state index contributed by atoms with van der Waals surface area (Å²) in [7, 11) is 0. The molecule has 0 nitrogen and oxygen atoms in total. The molecule has 0 aliphatic carbocycles. The second-order valence-corrected chi connectivity index (χ2v) is 4.04. The molecule has 0 atom stereocenters. The fraction of sp³-hybridized carbons (Fsp3) is 0.158. The van der Waals surface area contributed by atoms with Gasteiger partial charge in [-0.05, 0) is 18.1 Å². The normalized spacial score (nSPS) is 10.5. The summed E-state index contributed by atoms with van der Waals surface area (Å²) in [5.41, 5.74) is 3.75. The molecule has 0 heteroatoms. The smallest absolute Gasteiger partial charge is 0.0256 e. The van der Waals surface area contributed by atoms with E-state index in [2.05, 4.69) is 67.6 Å². The van der Waals surface area contributed by atoms with Crippen LogP contribution in [-0.2, 0) is 0 Å². The van der Waals surface area contributed by atoms with Crippen molar-refractivity contribution in [3.8, 4) is 0 Å². The molecule has 0 bridgehead atoms. The SMILES string of the molecule is CC.Cc1ccc(/C=C/C=C/c2ccccc2)cc1. The average molecular weight is 250 g/mol. The van der Waals surface area contributed by atoms with Crippen LogP contribution in [0.4, 0.5) is 0 Å². The first-order chi connectivity index (χ1) is 9.34. The third kappa shape index (κ3) is 5.87. The summed E-state index contributed by atoms with van der Waals surface area (Å²) >= 11 is 0. The molecule has 0 amide bonds. The van der Waals surface area contributed by atoms with E-state index < -0.39 is 0 Å². The van der Waals surface area contributed by atoms with Gasteiger partial charge in [0.05, 0.1) is 0 Å². The predicted octanol–water partition coefficient (Wildman–Crippen LogP) is 5.75. The Kier molecular flexibility index (Phi) is 7.04. The first-order valence-corrected chi connectivity index (χ1v) is 6.81. The highest BCUT2D eigenvalue weighted by Crippen LogP contribution is 2.06. The molecular formula is C19H22. The van der Waals surface area contributed by atoms with Gasteiger partial charge in [-0.2, -0.15) is 0 Å². The van der Waals surface area contributed by atoms with Gasteiger partial charge in [0.25, 0.3) is 0 Å². The highest BCUT2D eigenvalue weighted by molar-refractivity contribution is 5.57. The fourth-order valence-corrected chi connectivity index (χ4v) is 1.58. The molecule has 98 valence electrons. The third-order valence-electron chi connectivity index (χ3n) is 2.57. The number of hydrogen-bond donors (Lipinski definition) is 0. The van der Waals surface area contributed by atoms with Crippen LogP contribution in [0, 0.1) is 6.92 Å². The Morgan fingerprint density at radius 2 is 1.11 bits per heavy atom. The van der Waals surface area contributed by atoms with E-state index in [-0.39, 0.29) is 0 Å². The molecule has 2 rings (SSSR count). The van der Waals surface area contributed by atoms with Crippen LogP contribution in [0.1, 0.15) is 30.5 Å². The zero-order valence-corrected chi connectivity index (χ0v) is 12.0. The summed E-state index contributed by atoms with van der Waals surface area (Å²) in [5.74, 6) is 0. The Morgan fingerprint density at radius 1 is 0.632 bits per heavy atom. The molecule has 0 unspecified atom stereocenters. The van der Waals surface area contributed by atoms with Crippen molar-refractivity contribution >= 4 is 12.2 Å². The van der Waals surface area contributed by atoms with Crippen LogP contribution < -0.4 is 0 Å². The molecule has 0 saturated carbocycles. The lowest BCUT2D eigenvalue weighted by atomic mass is 10.1. The molecule has 0 heterocycles. The van der Waals surface area contributed by atoms with E-state index >= 15 is 0 Å². The number of allylic oxidation sites excluding steroid dienone is 2. The number of benzene rings is 2. The Bertz CT molecular complexity index is 501. The minimum Gasteiger partial charge on any atom is -0.0683 e. The van der Waals surface area contributed by atoms with Gasteiger partial charge < -0.3 is 0 Å². The van der Waals surface area contributed by atoms with Crippen molar-refractivity contribution in [2.24, 2.45) is 0 Å². The lowest BCUT2D eigenvalue weighted by Crippen LogP contribution is -1.72. The molecule has 0 aliphatic rings. The van der Waals surface area contributed by atoms with E-state index in [0.29, 0.717) is 0 Å². The molecule has 0 aromatic heterocycles. The number of rotatable bonds is 3. The van der Waals surface area contributed by atoms with E-state index in [1.807, 2.05) is 32.0 Å². The Balaban J connectivity index is 0.000000861. The second kappa shape index (κ2) is 8.93. The summed E-state index contributed by atoms with van der Waals surface area (Å²) in [6.07, 6.45) is 8.34. The predicted molar refractivity (Wildman–Crippen MR) is 87.0 cm³/mol. The summed E-state index contributed by atoms with van der Waals surface area (Å²) < 4.78 is 0. The topological polar surface area (TPSA) is 0 Å². The molecule has 2 aromatic carbocycles. The minimum absolute atomic E-state index is 1.22. The lowest BCUT2D eigenvalue weighted by Gasteiger charge is -1.93. The Morgan fingerprint density at radius 3 is 1.63 bits per heavy atom. The van der Waals surface area contributed by atoms with Crippen molar-refractivity contribution in [3.63, 3.8) is 0 Å². The van der Waals surface area contributed by atoms with E-state index in [9.17, 15) is 0 Å². The maximum absolute atomic E-state index is 2.13. The highest BCUT2D eigenvalue weighted by Gasteiger charge is 1.85. The maximum Gasteiger partial charge on any atom is -0.0256 e. The molecule has 0 N–H and O–H groups in total. The molecule has 2 aromatic rings. The highest BCUT2D eigenvalue weighted by atomic mass is 13.9.